The van der Waals surface area contributed by atoms with Crippen LogP contribution in [0, 0.1) is 0 Å². The maximum absolute atomic E-state index is 6.14. The third-order valence-electron chi connectivity index (χ3n) is 11.2. The molecule has 2 heteroatoms. The van der Waals surface area contributed by atoms with E-state index in [-0.39, 0.29) is 5.41 Å². The number of benzene rings is 8. The van der Waals surface area contributed by atoms with Crippen molar-refractivity contribution in [3.63, 3.8) is 0 Å². The molecule has 0 atom stereocenters. The van der Waals surface area contributed by atoms with Crippen LogP contribution in [0.15, 0.2) is 164 Å². The van der Waals surface area contributed by atoms with E-state index in [1.165, 1.54) is 77.3 Å². The van der Waals surface area contributed by atoms with E-state index in [1.54, 1.807) is 0 Å². The molecule has 0 unspecified atom stereocenters. The quantitative estimate of drug-likeness (QED) is 0.171. The summed E-state index contributed by atoms with van der Waals surface area (Å²) in [5.41, 5.74) is 14.8. The topological polar surface area (TPSA) is 12.5 Å². The summed E-state index contributed by atoms with van der Waals surface area (Å²) >= 11 is 0. The SMILES string of the molecule is CC1(C)c2ccccc2-c2cc(-c3cccc4c3CCO4)c(N(c3ccc(-c4ccccc4)cc3)c3ccc4ccc5ccccc5c4c3)cc21. The van der Waals surface area contributed by atoms with Gasteiger partial charge >= 0.3 is 0 Å². The molecule has 0 bridgehead atoms. The molecule has 1 aliphatic heterocycles. The molecule has 10 rings (SSSR count). The van der Waals surface area contributed by atoms with Gasteiger partial charge in [-0.15, -0.1) is 0 Å². The summed E-state index contributed by atoms with van der Waals surface area (Å²) in [5, 5.41) is 5.00. The molecular formula is C49H37NO. The minimum Gasteiger partial charge on any atom is -0.493 e. The van der Waals surface area contributed by atoms with Crippen molar-refractivity contribution in [1.82, 2.24) is 0 Å². The van der Waals surface area contributed by atoms with Gasteiger partial charge in [-0.3, -0.25) is 0 Å². The molecule has 0 saturated heterocycles. The predicted octanol–water partition coefficient (Wildman–Crippen LogP) is 13.0. The van der Waals surface area contributed by atoms with Crippen molar-refractivity contribution in [1.29, 1.82) is 0 Å². The van der Waals surface area contributed by atoms with E-state index in [0.717, 1.165) is 23.5 Å². The number of nitrogens with zero attached hydrogens (tertiary/aromatic N) is 1. The van der Waals surface area contributed by atoms with Gasteiger partial charge in [0.05, 0.1) is 12.3 Å². The fraction of sp³-hybridized carbons (Fsp3) is 0.102. The molecule has 0 aromatic heterocycles. The summed E-state index contributed by atoms with van der Waals surface area (Å²) in [4.78, 5) is 2.49. The number of hydrogen-bond acceptors (Lipinski definition) is 2. The lowest BCUT2D eigenvalue weighted by Gasteiger charge is -2.31. The predicted molar refractivity (Wildman–Crippen MR) is 214 cm³/mol. The van der Waals surface area contributed by atoms with E-state index in [9.17, 15) is 0 Å². The summed E-state index contributed by atoms with van der Waals surface area (Å²) in [5.74, 6) is 0.996. The Hall–Kier alpha value is -6.12. The van der Waals surface area contributed by atoms with Crippen molar-refractivity contribution in [2.24, 2.45) is 0 Å². The van der Waals surface area contributed by atoms with E-state index < -0.39 is 0 Å². The fourth-order valence-corrected chi connectivity index (χ4v) is 8.60. The van der Waals surface area contributed by atoms with Crippen LogP contribution in [-0.4, -0.2) is 6.61 Å². The highest BCUT2D eigenvalue weighted by Crippen LogP contribution is 2.54. The second-order valence-corrected chi connectivity index (χ2v) is 14.4. The second kappa shape index (κ2) is 11.5. The molecule has 8 aromatic carbocycles. The van der Waals surface area contributed by atoms with Gasteiger partial charge in [0.2, 0.25) is 0 Å². The van der Waals surface area contributed by atoms with Crippen molar-refractivity contribution < 1.29 is 4.74 Å². The lowest BCUT2D eigenvalue weighted by Crippen LogP contribution is -2.17. The minimum absolute atomic E-state index is 0.149. The number of fused-ring (bicyclic) bond motifs is 7. The van der Waals surface area contributed by atoms with Gasteiger partial charge in [-0.1, -0.05) is 135 Å². The van der Waals surface area contributed by atoms with Gasteiger partial charge in [0.25, 0.3) is 0 Å². The molecule has 0 N–H and O–H groups in total. The molecule has 244 valence electrons. The van der Waals surface area contributed by atoms with Gasteiger partial charge in [0, 0.05) is 34.3 Å². The molecule has 51 heavy (non-hydrogen) atoms. The van der Waals surface area contributed by atoms with E-state index in [0.29, 0.717) is 6.61 Å². The third-order valence-corrected chi connectivity index (χ3v) is 11.2. The highest BCUT2D eigenvalue weighted by Gasteiger charge is 2.37. The molecule has 0 spiro atoms. The molecule has 2 aliphatic rings. The molecule has 0 fully saturated rings. The Morgan fingerprint density at radius 2 is 1.18 bits per heavy atom. The lowest BCUT2D eigenvalue weighted by atomic mass is 9.81. The zero-order valence-electron chi connectivity index (χ0n) is 28.9. The van der Waals surface area contributed by atoms with E-state index in [4.69, 9.17) is 4.74 Å². The van der Waals surface area contributed by atoms with E-state index in [1.807, 2.05) is 0 Å². The molecule has 1 aliphatic carbocycles. The Labute approximate surface area is 299 Å². The standard InChI is InChI=1S/C49H37NO/c1-49(2)45-17-9-8-15-40(45)43-30-44(39-16-10-18-48-41(39)27-28-51-48)47(31-46(43)49)50(36-24-21-33(22-25-36)32-11-4-3-5-12-32)37-26-23-35-20-19-34-13-6-7-14-38(34)42(35)29-37/h3-26,29-31H,27-28H2,1-2H3. The summed E-state index contributed by atoms with van der Waals surface area (Å²) in [7, 11) is 0. The highest BCUT2D eigenvalue weighted by molar-refractivity contribution is 6.09. The first-order chi connectivity index (χ1) is 25.0. The number of hydrogen-bond donors (Lipinski definition) is 0. The van der Waals surface area contributed by atoms with Gasteiger partial charge in [-0.05, 0) is 103 Å². The maximum atomic E-state index is 6.14. The summed E-state index contributed by atoms with van der Waals surface area (Å²) in [6, 6.07) is 60.3. The molecule has 8 aromatic rings. The van der Waals surface area contributed by atoms with Gasteiger partial charge in [0.15, 0.2) is 0 Å². The summed E-state index contributed by atoms with van der Waals surface area (Å²) in [6.45, 7) is 5.46. The van der Waals surface area contributed by atoms with Crippen molar-refractivity contribution in [2.75, 3.05) is 11.5 Å². The minimum atomic E-state index is -0.149. The van der Waals surface area contributed by atoms with E-state index >= 15 is 0 Å². The van der Waals surface area contributed by atoms with Crippen LogP contribution in [0.4, 0.5) is 17.1 Å². The Morgan fingerprint density at radius 3 is 2.04 bits per heavy atom. The van der Waals surface area contributed by atoms with Crippen molar-refractivity contribution >= 4 is 38.6 Å². The fourth-order valence-electron chi connectivity index (χ4n) is 8.60. The van der Waals surface area contributed by atoms with Gasteiger partial charge < -0.3 is 9.64 Å². The maximum Gasteiger partial charge on any atom is 0.123 e. The Kier molecular flexibility index (Phi) is 6.69. The molecule has 0 saturated carbocycles. The van der Waals surface area contributed by atoms with Gasteiger partial charge in [0.1, 0.15) is 5.75 Å². The lowest BCUT2D eigenvalue weighted by molar-refractivity contribution is 0.357. The largest absolute Gasteiger partial charge is 0.493 e. The molecule has 0 amide bonds. The highest BCUT2D eigenvalue weighted by atomic mass is 16.5. The monoisotopic (exact) mass is 655 g/mol. The Bertz CT molecular complexity index is 2630. The number of anilines is 3. The van der Waals surface area contributed by atoms with Crippen LogP contribution in [0.2, 0.25) is 0 Å². The zero-order chi connectivity index (χ0) is 34.1. The Balaban J connectivity index is 1.27. The summed E-state index contributed by atoms with van der Waals surface area (Å²) < 4.78 is 6.14. The van der Waals surface area contributed by atoms with Crippen molar-refractivity contribution in [3.8, 4) is 39.1 Å². The smallest absolute Gasteiger partial charge is 0.123 e. The van der Waals surface area contributed by atoms with Crippen LogP contribution in [0.3, 0.4) is 0 Å². The van der Waals surface area contributed by atoms with Crippen LogP contribution in [0.5, 0.6) is 5.75 Å². The van der Waals surface area contributed by atoms with Gasteiger partial charge in [-0.25, -0.2) is 0 Å². The third kappa shape index (κ3) is 4.71. The first kappa shape index (κ1) is 29.8. The second-order valence-electron chi connectivity index (χ2n) is 14.4. The van der Waals surface area contributed by atoms with Crippen LogP contribution < -0.4 is 9.64 Å². The van der Waals surface area contributed by atoms with Crippen LogP contribution in [-0.2, 0) is 11.8 Å². The average molecular weight is 656 g/mol. The van der Waals surface area contributed by atoms with Crippen LogP contribution in [0.25, 0.3) is 54.9 Å². The first-order valence-corrected chi connectivity index (χ1v) is 18.0. The van der Waals surface area contributed by atoms with Crippen LogP contribution >= 0.6 is 0 Å². The first-order valence-electron chi connectivity index (χ1n) is 18.0. The normalized spacial score (nSPS) is 13.8. The van der Waals surface area contributed by atoms with Gasteiger partial charge in [-0.2, -0.15) is 0 Å². The average Bonchev–Trinajstić information content (AvgIpc) is 3.76. The number of rotatable bonds is 5. The number of ether oxygens (including phenoxy) is 1. The van der Waals surface area contributed by atoms with Crippen LogP contribution in [0.1, 0.15) is 30.5 Å². The molecule has 1 heterocycles. The zero-order valence-corrected chi connectivity index (χ0v) is 28.9. The molecule has 2 nitrogen and oxygen atoms in total. The molecule has 0 radical (unpaired) electrons. The van der Waals surface area contributed by atoms with Crippen molar-refractivity contribution in [2.45, 2.75) is 25.7 Å². The summed E-state index contributed by atoms with van der Waals surface area (Å²) in [6.07, 6.45) is 0.901. The van der Waals surface area contributed by atoms with Crippen molar-refractivity contribution in [3.05, 3.63) is 180 Å². The molecular weight excluding hydrogens is 619 g/mol. The van der Waals surface area contributed by atoms with E-state index in [2.05, 4.69) is 183 Å². The Morgan fingerprint density at radius 1 is 0.490 bits per heavy atom.